The summed E-state index contributed by atoms with van der Waals surface area (Å²) in [6, 6.07) is 7.16. The van der Waals surface area contributed by atoms with Crippen LogP contribution < -0.4 is 10.6 Å². The van der Waals surface area contributed by atoms with Crippen molar-refractivity contribution in [1.29, 1.82) is 0 Å². The number of ether oxygens (including phenoxy) is 1. The number of nitrogens with one attached hydrogen (secondary N) is 2. The number of amides is 4. The van der Waals surface area contributed by atoms with Crippen molar-refractivity contribution in [3.63, 3.8) is 0 Å². The number of likely N-dealkylation sites (tertiary alicyclic amines) is 2. The molecule has 3 heterocycles. The molecule has 3 aliphatic rings. The van der Waals surface area contributed by atoms with E-state index in [4.69, 9.17) is 4.74 Å². The van der Waals surface area contributed by atoms with Gasteiger partial charge in [0.05, 0.1) is 5.92 Å². The highest BCUT2D eigenvalue weighted by molar-refractivity contribution is 5.95. The molecule has 8 nitrogen and oxygen atoms in total. The topological polar surface area (TPSA) is 91.0 Å². The van der Waals surface area contributed by atoms with Crippen molar-refractivity contribution in [1.82, 2.24) is 9.80 Å². The van der Waals surface area contributed by atoms with E-state index in [1.165, 1.54) is 0 Å². The first kappa shape index (κ1) is 20.7. The molecule has 2 atom stereocenters. The molecule has 0 radical (unpaired) electrons. The molecule has 162 valence electrons. The van der Waals surface area contributed by atoms with Crippen molar-refractivity contribution in [2.75, 3.05) is 43.4 Å². The van der Waals surface area contributed by atoms with E-state index in [-0.39, 0.29) is 29.9 Å². The van der Waals surface area contributed by atoms with Gasteiger partial charge >= 0.3 is 6.03 Å². The van der Waals surface area contributed by atoms with Gasteiger partial charge in [-0.15, -0.1) is 0 Å². The van der Waals surface area contributed by atoms with Crippen molar-refractivity contribution < 1.29 is 19.1 Å². The molecular weight excluding hydrogens is 384 g/mol. The van der Waals surface area contributed by atoms with Gasteiger partial charge in [-0.2, -0.15) is 0 Å². The van der Waals surface area contributed by atoms with Gasteiger partial charge in [0.15, 0.2) is 0 Å². The Morgan fingerprint density at radius 2 is 1.43 bits per heavy atom. The average molecular weight is 415 g/mol. The highest BCUT2D eigenvalue weighted by Gasteiger charge is 2.31. The van der Waals surface area contributed by atoms with Crippen LogP contribution in [0.3, 0.4) is 0 Å². The summed E-state index contributed by atoms with van der Waals surface area (Å²) >= 11 is 0. The van der Waals surface area contributed by atoms with Crippen LogP contribution in [0.25, 0.3) is 0 Å². The lowest BCUT2D eigenvalue weighted by molar-refractivity contribution is -0.124. The lowest BCUT2D eigenvalue weighted by Gasteiger charge is -2.34. The maximum atomic E-state index is 12.7. The molecule has 0 bridgehead atoms. The fourth-order valence-electron chi connectivity index (χ4n) is 4.36. The molecule has 2 N–H and O–H groups in total. The van der Waals surface area contributed by atoms with Crippen LogP contribution in [0.4, 0.5) is 16.2 Å². The summed E-state index contributed by atoms with van der Waals surface area (Å²) in [5.41, 5.74) is 1.35. The Morgan fingerprint density at radius 3 is 2.07 bits per heavy atom. The summed E-state index contributed by atoms with van der Waals surface area (Å²) < 4.78 is 5.39. The number of hydrogen-bond donors (Lipinski definition) is 2. The van der Waals surface area contributed by atoms with E-state index in [0.29, 0.717) is 24.5 Å². The number of urea groups is 1. The molecule has 1 aromatic carbocycles. The second-order valence-corrected chi connectivity index (χ2v) is 8.32. The standard InChI is InChI=1S/C22H30N4O4/c27-20(16-5-3-13-26(15-16)22(29)25-11-1-2-12-25)23-17-7-9-18(10-8-17)24-21(28)19-6-4-14-30-19/h7-10,16,19H,1-6,11-15H2,(H,23,27)(H,24,28)/t16-,19+/m0/s1. The second kappa shape index (κ2) is 9.47. The van der Waals surface area contributed by atoms with Crippen molar-refractivity contribution in [2.24, 2.45) is 5.92 Å². The van der Waals surface area contributed by atoms with E-state index in [0.717, 1.165) is 58.2 Å². The molecule has 30 heavy (non-hydrogen) atoms. The SMILES string of the molecule is O=C(Nc1ccc(NC(=O)[C@H]2CCCO2)cc1)[C@H]1CCCN(C(=O)N2CCCC2)C1. The van der Waals surface area contributed by atoms with Gasteiger partial charge in [-0.1, -0.05) is 0 Å². The van der Waals surface area contributed by atoms with Crippen LogP contribution in [0, 0.1) is 5.92 Å². The van der Waals surface area contributed by atoms with E-state index in [1.807, 2.05) is 9.80 Å². The minimum absolute atomic E-state index is 0.0648. The molecule has 8 heteroatoms. The molecular formula is C22H30N4O4. The van der Waals surface area contributed by atoms with Gasteiger partial charge < -0.3 is 25.2 Å². The zero-order valence-electron chi connectivity index (χ0n) is 17.3. The summed E-state index contributed by atoms with van der Waals surface area (Å²) in [6.07, 6.45) is 5.03. The van der Waals surface area contributed by atoms with E-state index < -0.39 is 0 Å². The number of nitrogens with zero attached hydrogens (tertiary/aromatic N) is 2. The van der Waals surface area contributed by atoms with Crippen LogP contribution in [0.5, 0.6) is 0 Å². The average Bonchev–Trinajstić information content (AvgIpc) is 3.49. The third-order valence-electron chi connectivity index (χ3n) is 6.08. The quantitative estimate of drug-likeness (QED) is 0.793. The maximum absolute atomic E-state index is 12.7. The molecule has 3 fully saturated rings. The lowest BCUT2D eigenvalue weighted by Crippen LogP contribution is -2.48. The molecule has 0 saturated carbocycles. The third-order valence-corrected chi connectivity index (χ3v) is 6.08. The first-order valence-electron chi connectivity index (χ1n) is 11.0. The first-order chi connectivity index (χ1) is 14.6. The Balaban J connectivity index is 1.28. The normalized spacial score (nSPS) is 24.0. The Labute approximate surface area is 176 Å². The monoisotopic (exact) mass is 414 g/mol. The Bertz CT molecular complexity index is 770. The number of carbonyl (C=O) groups is 3. The highest BCUT2D eigenvalue weighted by Crippen LogP contribution is 2.22. The first-order valence-corrected chi connectivity index (χ1v) is 11.0. The summed E-state index contributed by atoms with van der Waals surface area (Å²) in [6.45, 7) is 3.46. The number of benzene rings is 1. The van der Waals surface area contributed by atoms with E-state index in [1.54, 1.807) is 24.3 Å². The van der Waals surface area contributed by atoms with Gasteiger partial charge in [0.25, 0.3) is 5.91 Å². The van der Waals surface area contributed by atoms with Crippen LogP contribution >= 0.6 is 0 Å². The zero-order valence-corrected chi connectivity index (χ0v) is 17.3. The van der Waals surface area contributed by atoms with Crippen LogP contribution in [0.1, 0.15) is 38.5 Å². The molecule has 4 rings (SSSR count). The fraction of sp³-hybridized carbons (Fsp3) is 0.591. The summed E-state index contributed by atoms with van der Waals surface area (Å²) in [7, 11) is 0. The molecule has 3 saturated heterocycles. The number of piperidine rings is 1. The van der Waals surface area contributed by atoms with Gasteiger partial charge in [0, 0.05) is 44.2 Å². The predicted molar refractivity (Wildman–Crippen MR) is 113 cm³/mol. The van der Waals surface area contributed by atoms with Gasteiger partial charge in [-0.25, -0.2) is 4.79 Å². The summed E-state index contributed by atoms with van der Waals surface area (Å²) in [5.74, 6) is -0.400. The molecule has 0 unspecified atom stereocenters. The van der Waals surface area contributed by atoms with Crippen LogP contribution in [0.2, 0.25) is 0 Å². The van der Waals surface area contributed by atoms with E-state index in [9.17, 15) is 14.4 Å². The molecule has 1 aromatic rings. The summed E-state index contributed by atoms with van der Waals surface area (Å²) in [5, 5.41) is 5.80. The molecule has 4 amide bonds. The number of carbonyl (C=O) groups excluding carboxylic acids is 3. The van der Waals surface area contributed by atoms with Crippen molar-refractivity contribution in [2.45, 2.75) is 44.6 Å². The Kier molecular flexibility index (Phi) is 6.52. The van der Waals surface area contributed by atoms with Crippen molar-refractivity contribution >= 4 is 29.2 Å². The van der Waals surface area contributed by atoms with Crippen molar-refractivity contribution in [3.05, 3.63) is 24.3 Å². The number of rotatable bonds is 4. The zero-order chi connectivity index (χ0) is 20.9. The van der Waals surface area contributed by atoms with Crippen LogP contribution in [-0.2, 0) is 14.3 Å². The van der Waals surface area contributed by atoms with Gasteiger partial charge in [0.1, 0.15) is 6.10 Å². The van der Waals surface area contributed by atoms with Gasteiger partial charge in [0.2, 0.25) is 5.91 Å². The minimum atomic E-state index is -0.373. The molecule has 0 aliphatic carbocycles. The highest BCUT2D eigenvalue weighted by atomic mass is 16.5. The smallest absolute Gasteiger partial charge is 0.320 e. The Morgan fingerprint density at radius 1 is 0.800 bits per heavy atom. The predicted octanol–water partition coefficient (Wildman–Crippen LogP) is 2.67. The van der Waals surface area contributed by atoms with Crippen molar-refractivity contribution in [3.8, 4) is 0 Å². The number of hydrogen-bond acceptors (Lipinski definition) is 4. The third kappa shape index (κ3) is 4.92. The summed E-state index contributed by atoms with van der Waals surface area (Å²) in [4.78, 5) is 41.2. The van der Waals surface area contributed by atoms with Crippen LogP contribution in [-0.4, -0.2) is 66.5 Å². The van der Waals surface area contributed by atoms with Gasteiger partial charge in [-0.3, -0.25) is 9.59 Å². The second-order valence-electron chi connectivity index (χ2n) is 8.32. The molecule has 0 spiro atoms. The van der Waals surface area contributed by atoms with E-state index >= 15 is 0 Å². The molecule has 0 aromatic heterocycles. The molecule has 3 aliphatic heterocycles. The Hall–Kier alpha value is -2.61. The van der Waals surface area contributed by atoms with Gasteiger partial charge in [-0.05, 0) is 62.8 Å². The van der Waals surface area contributed by atoms with Crippen LogP contribution in [0.15, 0.2) is 24.3 Å². The fourth-order valence-corrected chi connectivity index (χ4v) is 4.36. The maximum Gasteiger partial charge on any atom is 0.320 e. The minimum Gasteiger partial charge on any atom is -0.368 e. The largest absolute Gasteiger partial charge is 0.368 e. The number of anilines is 2. The van der Waals surface area contributed by atoms with E-state index in [2.05, 4.69) is 10.6 Å². The lowest BCUT2D eigenvalue weighted by atomic mass is 9.97.